The molecular formula is C9H9F2O2. The molecule has 0 aliphatic carbocycles. The minimum Gasteiger partial charge on any atom is -0.497 e. The highest BCUT2D eigenvalue weighted by molar-refractivity contribution is 5.41. The first kappa shape index (κ1) is 9.77. The minimum absolute atomic E-state index is 0.0656. The maximum absolute atomic E-state index is 11.8. The summed E-state index contributed by atoms with van der Waals surface area (Å²) in [4.78, 5) is 0. The van der Waals surface area contributed by atoms with E-state index in [0.29, 0.717) is 11.3 Å². The summed E-state index contributed by atoms with van der Waals surface area (Å²) in [7, 11) is 1.49. The van der Waals surface area contributed by atoms with E-state index in [0.717, 1.165) is 0 Å². The van der Waals surface area contributed by atoms with Gasteiger partial charge in [0.2, 0.25) is 0 Å². The van der Waals surface area contributed by atoms with E-state index in [4.69, 9.17) is 4.74 Å². The summed E-state index contributed by atoms with van der Waals surface area (Å²) in [6.07, 6.45) is 0. The molecule has 0 aliphatic rings. The Hall–Kier alpha value is -1.32. The zero-order valence-corrected chi connectivity index (χ0v) is 7.09. The summed E-state index contributed by atoms with van der Waals surface area (Å²) in [6, 6.07) is 4.46. The average Bonchev–Trinajstić information content (AvgIpc) is 2.08. The molecule has 0 saturated heterocycles. The van der Waals surface area contributed by atoms with Gasteiger partial charge in [-0.25, -0.2) is 0 Å². The van der Waals surface area contributed by atoms with Crippen molar-refractivity contribution < 1.29 is 18.3 Å². The van der Waals surface area contributed by atoms with Crippen LogP contribution in [-0.2, 0) is 0 Å². The van der Waals surface area contributed by atoms with E-state index in [1.165, 1.54) is 25.3 Å². The lowest BCUT2D eigenvalue weighted by molar-refractivity contribution is -0.0501. The fraction of sp³-hybridized carbons (Fsp3) is 0.222. The number of ether oxygens (including phenoxy) is 2. The molecule has 1 aromatic carbocycles. The number of hydrogen-bond donors (Lipinski definition) is 0. The molecule has 0 fully saturated rings. The molecule has 1 radical (unpaired) electrons. The average molecular weight is 187 g/mol. The summed E-state index contributed by atoms with van der Waals surface area (Å²) in [5.74, 6) is 0.627. The molecule has 4 heteroatoms. The second kappa shape index (κ2) is 4.07. The van der Waals surface area contributed by atoms with Crippen molar-refractivity contribution >= 4 is 0 Å². The number of halogens is 2. The summed E-state index contributed by atoms with van der Waals surface area (Å²) in [5, 5.41) is 0. The van der Waals surface area contributed by atoms with Gasteiger partial charge in [-0.15, -0.1) is 0 Å². The van der Waals surface area contributed by atoms with Gasteiger partial charge < -0.3 is 9.47 Å². The highest BCUT2D eigenvalue weighted by atomic mass is 19.3. The lowest BCUT2D eigenvalue weighted by atomic mass is 10.2. The molecule has 0 N–H and O–H groups in total. The maximum atomic E-state index is 11.8. The Bertz CT molecular complexity index is 287. The first-order chi connectivity index (χ1) is 6.13. The third kappa shape index (κ3) is 2.57. The van der Waals surface area contributed by atoms with E-state index in [1.807, 2.05) is 0 Å². The van der Waals surface area contributed by atoms with Crippen molar-refractivity contribution in [3.63, 3.8) is 0 Å². The number of benzene rings is 1. The Kier molecular flexibility index (Phi) is 3.06. The Morgan fingerprint density at radius 3 is 2.54 bits per heavy atom. The molecule has 0 aromatic heterocycles. The van der Waals surface area contributed by atoms with Gasteiger partial charge in [0.25, 0.3) is 0 Å². The van der Waals surface area contributed by atoms with Gasteiger partial charge in [-0.2, -0.15) is 8.78 Å². The minimum atomic E-state index is -2.83. The van der Waals surface area contributed by atoms with Gasteiger partial charge in [-0.1, -0.05) is 0 Å². The van der Waals surface area contributed by atoms with Gasteiger partial charge >= 0.3 is 6.61 Å². The predicted octanol–water partition coefficient (Wildman–Crippen LogP) is 2.48. The zero-order valence-electron chi connectivity index (χ0n) is 7.09. The van der Waals surface area contributed by atoms with Gasteiger partial charge in [-0.05, 0) is 30.7 Å². The Morgan fingerprint density at radius 1 is 1.38 bits per heavy atom. The van der Waals surface area contributed by atoms with Crippen LogP contribution in [0.2, 0.25) is 0 Å². The Labute approximate surface area is 75.1 Å². The molecule has 0 atom stereocenters. The fourth-order valence-electron chi connectivity index (χ4n) is 0.894. The normalized spacial score (nSPS) is 10.2. The molecule has 1 aromatic rings. The van der Waals surface area contributed by atoms with Crippen LogP contribution in [0.5, 0.6) is 11.5 Å². The highest BCUT2D eigenvalue weighted by Crippen LogP contribution is 2.24. The molecule has 1 rings (SSSR count). The molecule has 0 bridgehead atoms. The highest BCUT2D eigenvalue weighted by Gasteiger charge is 2.07. The second-order valence-corrected chi connectivity index (χ2v) is 2.35. The number of rotatable bonds is 3. The van der Waals surface area contributed by atoms with Crippen LogP contribution in [0.3, 0.4) is 0 Å². The molecule has 0 spiro atoms. The van der Waals surface area contributed by atoms with E-state index < -0.39 is 6.61 Å². The molecule has 0 amide bonds. The van der Waals surface area contributed by atoms with E-state index in [9.17, 15) is 8.78 Å². The van der Waals surface area contributed by atoms with Crippen LogP contribution in [0.15, 0.2) is 18.2 Å². The van der Waals surface area contributed by atoms with Crippen molar-refractivity contribution in [1.29, 1.82) is 0 Å². The molecule has 13 heavy (non-hydrogen) atoms. The van der Waals surface area contributed by atoms with Crippen LogP contribution < -0.4 is 9.47 Å². The number of hydrogen-bond acceptors (Lipinski definition) is 2. The molecule has 0 saturated carbocycles. The van der Waals surface area contributed by atoms with Crippen molar-refractivity contribution in [1.82, 2.24) is 0 Å². The van der Waals surface area contributed by atoms with Gasteiger partial charge in [-0.3, -0.25) is 0 Å². The molecular weight excluding hydrogens is 178 g/mol. The fourth-order valence-corrected chi connectivity index (χ4v) is 0.894. The first-order valence-electron chi connectivity index (χ1n) is 3.58. The SMILES string of the molecule is [CH2]c1cc(OC)ccc1OC(F)F. The van der Waals surface area contributed by atoms with Crippen molar-refractivity contribution in [2.45, 2.75) is 6.61 Å². The topological polar surface area (TPSA) is 18.5 Å². The summed E-state index contributed by atoms with van der Waals surface area (Å²) < 4.78 is 32.7. The second-order valence-electron chi connectivity index (χ2n) is 2.35. The van der Waals surface area contributed by atoms with Crippen LogP contribution in [0, 0.1) is 6.92 Å². The van der Waals surface area contributed by atoms with E-state index in [2.05, 4.69) is 11.7 Å². The van der Waals surface area contributed by atoms with E-state index in [-0.39, 0.29) is 5.75 Å². The first-order valence-corrected chi connectivity index (χ1v) is 3.58. The predicted molar refractivity (Wildman–Crippen MR) is 44.1 cm³/mol. The van der Waals surface area contributed by atoms with Crippen LogP contribution >= 0.6 is 0 Å². The van der Waals surface area contributed by atoms with Crippen LogP contribution in [0.1, 0.15) is 5.56 Å². The lowest BCUT2D eigenvalue weighted by Gasteiger charge is -2.08. The van der Waals surface area contributed by atoms with Crippen molar-refractivity contribution in [2.75, 3.05) is 7.11 Å². The molecule has 0 aliphatic heterocycles. The maximum Gasteiger partial charge on any atom is 0.387 e. The van der Waals surface area contributed by atoms with Crippen LogP contribution in [0.25, 0.3) is 0 Å². The molecule has 2 nitrogen and oxygen atoms in total. The monoisotopic (exact) mass is 187 g/mol. The number of methoxy groups -OCH3 is 1. The summed E-state index contributed by atoms with van der Waals surface area (Å²) in [5.41, 5.74) is 0.375. The molecule has 71 valence electrons. The van der Waals surface area contributed by atoms with Crippen molar-refractivity contribution in [3.8, 4) is 11.5 Å². The van der Waals surface area contributed by atoms with Gasteiger partial charge in [0, 0.05) is 0 Å². The summed E-state index contributed by atoms with van der Waals surface area (Å²) >= 11 is 0. The van der Waals surface area contributed by atoms with Crippen LogP contribution in [-0.4, -0.2) is 13.7 Å². The summed E-state index contributed by atoms with van der Waals surface area (Å²) in [6.45, 7) is 0.719. The van der Waals surface area contributed by atoms with Crippen molar-refractivity contribution in [2.24, 2.45) is 0 Å². The van der Waals surface area contributed by atoms with E-state index in [1.54, 1.807) is 0 Å². The standard InChI is InChI=1S/C9H9F2O2/c1-6-5-7(12-2)3-4-8(6)13-9(10)11/h3-5,9H,1H2,2H3. The Morgan fingerprint density at radius 2 is 2.08 bits per heavy atom. The van der Waals surface area contributed by atoms with Crippen LogP contribution in [0.4, 0.5) is 8.78 Å². The molecule has 0 unspecified atom stereocenters. The number of alkyl halides is 2. The third-order valence-electron chi connectivity index (χ3n) is 1.48. The third-order valence-corrected chi connectivity index (χ3v) is 1.48. The molecule has 0 heterocycles. The van der Waals surface area contributed by atoms with Gasteiger partial charge in [0.15, 0.2) is 0 Å². The quantitative estimate of drug-likeness (QED) is 0.723. The smallest absolute Gasteiger partial charge is 0.387 e. The van der Waals surface area contributed by atoms with Gasteiger partial charge in [0.05, 0.1) is 7.11 Å². The Balaban J connectivity index is 2.85. The lowest BCUT2D eigenvalue weighted by Crippen LogP contribution is -2.03. The largest absolute Gasteiger partial charge is 0.497 e. The van der Waals surface area contributed by atoms with E-state index >= 15 is 0 Å². The zero-order chi connectivity index (χ0) is 9.84. The van der Waals surface area contributed by atoms with Crippen molar-refractivity contribution in [3.05, 3.63) is 30.7 Å². The van der Waals surface area contributed by atoms with Gasteiger partial charge in [0.1, 0.15) is 11.5 Å².